The van der Waals surface area contributed by atoms with E-state index in [9.17, 15) is 0 Å². The first-order valence-corrected chi connectivity index (χ1v) is 6.87. The summed E-state index contributed by atoms with van der Waals surface area (Å²) in [5, 5.41) is 4.63. The summed E-state index contributed by atoms with van der Waals surface area (Å²) in [6.07, 6.45) is 0. The van der Waals surface area contributed by atoms with E-state index in [1.54, 1.807) is 6.07 Å². The largest absolute Gasteiger partial charge is 0.483 e. The molecule has 0 amide bonds. The first-order chi connectivity index (χ1) is 10.2. The number of aromatic nitrogens is 2. The van der Waals surface area contributed by atoms with Crippen molar-refractivity contribution >= 4 is 11.6 Å². The maximum atomic E-state index is 5.91. The molecule has 106 valence electrons. The lowest BCUT2D eigenvalue weighted by Gasteiger charge is -2.06. The second-order valence-electron chi connectivity index (χ2n) is 4.58. The van der Waals surface area contributed by atoms with Gasteiger partial charge in [0.2, 0.25) is 5.82 Å². The molecule has 0 saturated carbocycles. The van der Waals surface area contributed by atoms with Gasteiger partial charge in [-0.3, -0.25) is 0 Å². The monoisotopic (exact) mass is 300 g/mol. The smallest absolute Gasteiger partial charge is 0.264 e. The Hall–Kier alpha value is -2.33. The highest BCUT2D eigenvalue weighted by Crippen LogP contribution is 2.23. The Morgan fingerprint density at radius 1 is 1.14 bits per heavy atom. The van der Waals surface area contributed by atoms with E-state index in [1.807, 2.05) is 49.4 Å². The average molecular weight is 301 g/mol. The van der Waals surface area contributed by atoms with Crippen molar-refractivity contribution in [3.8, 4) is 17.1 Å². The zero-order valence-electron chi connectivity index (χ0n) is 11.4. The number of benzene rings is 2. The van der Waals surface area contributed by atoms with Crippen molar-refractivity contribution in [2.24, 2.45) is 0 Å². The molecular weight excluding hydrogens is 288 g/mol. The lowest BCUT2D eigenvalue weighted by atomic mass is 10.2. The Morgan fingerprint density at radius 3 is 2.71 bits per heavy atom. The fourth-order valence-electron chi connectivity index (χ4n) is 1.93. The lowest BCUT2D eigenvalue weighted by molar-refractivity contribution is 0.242. The van der Waals surface area contributed by atoms with Crippen molar-refractivity contribution in [3.63, 3.8) is 0 Å². The van der Waals surface area contributed by atoms with Gasteiger partial charge in [-0.15, -0.1) is 0 Å². The van der Waals surface area contributed by atoms with Crippen LogP contribution in [0.3, 0.4) is 0 Å². The van der Waals surface area contributed by atoms with E-state index in [0.29, 0.717) is 16.7 Å². The standard InChI is InChI=1S/C16H13ClN2O2/c1-11-9-13(17)7-8-14(11)20-10-15-18-16(19-21-15)12-5-3-2-4-6-12/h2-9H,10H2,1H3. The van der Waals surface area contributed by atoms with Crippen LogP contribution in [0.1, 0.15) is 11.5 Å². The molecule has 3 aromatic rings. The summed E-state index contributed by atoms with van der Waals surface area (Å²) in [6.45, 7) is 2.16. The van der Waals surface area contributed by atoms with Gasteiger partial charge < -0.3 is 9.26 Å². The van der Waals surface area contributed by atoms with Crippen LogP contribution in [0.4, 0.5) is 0 Å². The van der Waals surface area contributed by atoms with Crippen molar-refractivity contribution in [3.05, 3.63) is 65.0 Å². The first kappa shape index (κ1) is 13.6. The Morgan fingerprint density at radius 2 is 1.95 bits per heavy atom. The molecule has 21 heavy (non-hydrogen) atoms. The normalized spacial score (nSPS) is 10.6. The topological polar surface area (TPSA) is 48.2 Å². The summed E-state index contributed by atoms with van der Waals surface area (Å²) < 4.78 is 10.9. The number of rotatable bonds is 4. The van der Waals surface area contributed by atoms with Crippen LogP contribution in [-0.4, -0.2) is 10.1 Å². The van der Waals surface area contributed by atoms with E-state index in [2.05, 4.69) is 10.1 Å². The second kappa shape index (κ2) is 5.97. The zero-order chi connectivity index (χ0) is 14.7. The molecule has 0 N–H and O–H groups in total. The van der Waals surface area contributed by atoms with Gasteiger partial charge in [0.15, 0.2) is 6.61 Å². The van der Waals surface area contributed by atoms with Gasteiger partial charge in [-0.2, -0.15) is 4.98 Å². The number of hydrogen-bond donors (Lipinski definition) is 0. The van der Waals surface area contributed by atoms with Crippen LogP contribution in [0.5, 0.6) is 5.75 Å². The molecule has 1 heterocycles. The Labute approximate surface area is 127 Å². The Bertz CT molecular complexity index is 741. The molecule has 0 aliphatic rings. The highest BCUT2D eigenvalue weighted by molar-refractivity contribution is 6.30. The molecule has 0 spiro atoms. The molecule has 0 unspecified atom stereocenters. The molecule has 0 radical (unpaired) electrons. The zero-order valence-corrected chi connectivity index (χ0v) is 12.2. The van der Waals surface area contributed by atoms with Crippen LogP contribution in [0, 0.1) is 6.92 Å². The average Bonchev–Trinajstić information content (AvgIpc) is 2.96. The third kappa shape index (κ3) is 3.23. The highest BCUT2D eigenvalue weighted by Gasteiger charge is 2.09. The van der Waals surface area contributed by atoms with Gasteiger partial charge in [-0.25, -0.2) is 0 Å². The summed E-state index contributed by atoms with van der Waals surface area (Å²) in [5.41, 5.74) is 1.88. The van der Waals surface area contributed by atoms with Crippen LogP contribution in [0.25, 0.3) is 11.4 Å². The van der Waals surface area contributed by atoms with Crippen LogP contribution in [0.2, 0.25) is 5.02 Å². The summed E-state index contributed by atoms with van der Waals surface area (Å²) in [7, 11) is 0. The van der Waals surface area contributed by atoms with Crippen molar-refractivity contribution in [1.82, 2.24) is 10.1 Å². The molecule has 0 atom stereocenters. The molecule has 0 saturated heterocycles. The number of aryl methyl sites for hydroxylation is 1. The molecule has 3 rings (SSSR count). The van der Waals surface area contributed by atoms with E-state index in [0.717, 1.165) is 16.9 Å². The van der Waals surface area contributed by atoms with Gasteiger partial charge in [0.1, 0.15) is 5.75 Å². The van der Waals surface area contributed by atoms with Gasteiger partial charge in [0.05, 0.1) is 0 Å². The molecule has 0 bridgehead atoms. The number of ether oxygens (including phenoxy) is 1. The third-order valence-electron chi connectivity index (χ3n) is 2.99. The summed E-state index contributed by atoms with van der Waals surface area (Å²) in [6, 6.07) is 15.1. The minimum atomic E-state index is 0.225. The number of hydrogen-bond acceptors (Lipinski definition) is 4. The summed E-state index contributed by atoms with van der Waals surface area (Å²) in [4.78, 5) is 4.31. The minimum Gasteiger partial charge on any atom is -0.483 e. The van der Waals surface area contributed by atoms with Crippen molar-refractivity contribution in [2.75, 3.05) is 0 Å². The highest BCUT2D eigenvalue weighted by atomic mass is 35.5. The molecule has 0 fully saturated rings. The lowest BCUT2D eigenvalue weighted by Crippen LogP contribution is -1.97. The third-order valence-corrected chi connectivity index (χ3v) is 3.22. The SMILES string of the molecule is Cc1cc(Cl)ccc1OCc1nc(-c2ccccc2)no1. The van der Waals surface area contributed by atoms with Crippen LogP contribution in [-0.2, 0) is 6.61 Å². The second-order valence-corrected chi connectivity index (χ2v) is 5.01. The summed E-state index contributed by atoms with van der Waals surface area (Å²) >= 11 is 5.91. The fourth-order valence-corrected chi connectivity index (χ4v) is 2.16. The van der Waals surface area contributed by atoms with Crippen LogP contribution >= 0.6 is 11.6 Å². The molecule has 2 aromatic carbocycles. The number of nitrogens with zero attached hydrogens (tertiary/aromatic N) is 2. The summed E-state index contributed by atoms with van der Waals surface area (Å²) in [5.74, 6) is 1.74. The quantitative estimate of drug-likeness (QED) is 0.721. The van der Waals surface area contributed by atoms with Crippen molar-refractivity contribution in [1.29, 1.82) is 0 Å². The van der Waals surface area contributed by atoms with Gasteiger partial charge >= 0.3 is 0 Å². The molecule has 0 aliphatic heterocycles. The fraction of sp³-hybridized carbons (Fsp3) is 0.125. The Kier molecular flexibility index (Phi) is 3.88. The van der Waals surface area contributed by atoms with Crippen LogP contribution < -0.4 is 4.74 Å². The molecule has 1 aromatic heterocycles. The van der Waals surface area contributed by atoms with Crippen LogP contribution in [0.15, 0.2) is 53.1 Å². The molecular formula is C16H13ClN2O2. The predicted molar refractivity (Wildman–Crippen MR) is 80.3 cm³/mol. The van der Waals surface area contributed by atoms with E-state index in [4.69, 9.17) is 20.9 Å². The van der Waals surface area contributed by atoms with E-state index >= 15 is 0 Å². The van der Waals surface area contributed by atoms with Gasteiger partial charge in [0.25, 0.3) is 5.89 Å². The Balaban J connectivity index is 1.70. The van der Waals surface area contributed by atoms with Crippen molar-refractivity contribution < 1.29 is 9.26 Å². The predicted octanol–water partition coefficient (Wildman–Crippen LogP) is 4.28. The van der Waals surface area contributed by atoms with Gasteiger partial charge in [-0.05, 0) is 30.7 Å². The van der Waals surface area contributed by atoms with E-state index in [-0.39, 0.29) is 6.61 Å². The van der Waals surface area contributed by atoms with Gasteiger partial charge in [-0.1, -0.05) is 47.1 Å². The maximum Gasteiger partial charge on any atom is 0.264 e. The molecule has 4 nitrogen and oxygen atoms in total. The van der Waals surface area contributed by atoms with Gasteiger partial charge in [0, 0.05) is 10.6 Å². The van der Waals surface area contributed by atoms with E-state index < -0.39 is 0 Å². The molecule has 0 aliphatic carbocycles. The van der Waals surface area contributed by atoms with Crippen molar-refractivity contribution in [2.45, 2.75) is 13.5 Å². The maximum absolute atomic E-state index is 5.91. The number of halogens is 1. The van der Waals surface area contributed by atoms with E-state index in [1.165, 1.54) is 0 Å². The minimum absolute atomic E-state index is 0.225. The first-order valence-electron chi connectivity index (χ1n) is 6.49. The molecule has 5 heteroatoms.